The number of nitro groups is 1. The molecule has 1 aromatic carbocycles. The van der Waals surface area contributed by atoms with Crippen LogP contribution >= 0.6 is 0 Å². The molecule has 1 N–H and O–H groups in total. The number of rotatable bonds is 11. The number of hydrazone groups is 1. The number of sulfonamides is 1. The van der Waals surface area contributed by atoms with E-state index in [9.17, 15) is 18.5 Å². The Morgan fingerprint density at radius 3 is 2.19 bits per heavy atom. The van der Waals surface area contributed by atoms with Gasteiger partial charge in [-0.05, 0) is 25.0 Å². The molecule has 0 atom stereocenters. The van der Waals surface area contributed by atoms with Gasteiger partial charge in [0, 0.05) is 24.9 Å². The van der Waals surface area contributed by atoms with Crippen molar-refractivity contribution in [2.45, 2.75) is 58.3 Å². The molecule has 0 aliphatic heterocycles. The topological polar surface area (TPSA) is 105 Å². The van der Waals surface area contributed by atoms with Gasteiger partial charge < -0.3 is 0 Å². The summed E-state index contributed by atoms with van der Waals surface area (Å²) in [6.45, 7) is 8.13. The summed E-state index contributed by atoms with van der Waals surface area (Å²) in [5.41, 5.74) is 3.54. The number of nitro benzene ring substituents is 1. The average Bonchev–Trinajstić information content (AvgIpc) is 2.60. The van der Waals surface area contributed by atoms with E-state index in [1.54, 1.807) is 13.8 Å². The van der Waals surface area contributed by atoms with E-state index in [0.29, 0.717) is 13.1 Å². The number of nitrogens with one attached hydrogen (secondary N) is 1. The second-order valence-corrected chi connectivity index (χ2v) is 7.75. The molecule has 0 saturated heterocycles. The van der Waals surface area contributed by atoms with E-state index in [2.05, 4.69) is 10.5 Å². The van der Waals surface area contributed by atoms with Gasteiger partial charge in [-0.2, -0.15) is 9.41 Å². The summed E-state index contributed by atoms with van der Waals surface area (Å²) >= 11 is 0. The fourth-order valence-corrected chi connectivity index (χ4v) is 4.06. The monoisotopic (exact) mass is 384 g/mol. The summed E-state index contributed by atoms with van der Waals surface area (Å²) in [5, 5.41) is 15.7. The molecular weight excluding hydrogens is 356 g/mol. The van der Waals surface area contributed by atoms with Gasteiger partial charge >= 0.3 is 0 Å². The second kappa shape index (κ2) is 10.2. The van der Waals surface area contributed by atoms with Crippen LogP contribution in [-0.4, -0.2) is 36.4 Å². The van der Waals surface area contributed by atoms with Gasteiger partial charge in [0.15, 0.2) is 0 Å². The first-order valence-corrected chi connectivity index (χ1v) is 10.4. The van der Waals surface area contributed by atoms with Crippen LogP contribution in [0.4, 0.5) is 11.4 Å². The number of nitrogens with zero attached hydrogens (tertiary/aromatic N) is 3. The molecular formula is C17H28N4O4S. The normalized spacial score (nSPS) is 11.4. The SMILES string of the molecule is CCCC(CCC)=NNc1ccc(S(=O)(=O)N(CC)CC)cc1[N+](=O)[O-]. The molecule has 0 unspecified atom stereocenters. The average molecular weight is 385 g/mol. The highest BCUT2D eigenvalue weighted by Gasteiger charge is 2.25. The van der Waals surface area contributed by atoms with Crippen molar-refractivity contribution in [1.29, 1.82) is 0 Å². The van der Waals surface area contributed by atoms with Gasteiger partial charge in [-0.3, -0.25) is 15.5 Å². The lowest BCUT2D eigenvalue weighted by Gasteiger charge is -2.18. The zero-order valence-electron chi connectivity index (χ0n) is 15.9. The molecule has 0 aromatic heterocycles. The minimum Gasteiger partial charge on any atom is -0.272 e. The molecule has 0 aliphatic rings. The van der Waals surface area contributed by atoms with E-state index in [0.717, 1.165) is 37.5 Å². The van der Waals surface area contributed by atoms with Crippen molar-refractivity contribution >= 4 is 27.1 Å². The molecule has 8 nitrogen and oxygen atoms in total. The first kappa shape index (κ1) is 22.0. The maximum atomic E-state index is 12.6. The van der Waals surface area contributed by atoms with Crippen LogP contribution < -0.4 is 5.43 Å². The smallest absolute Gasteiger partial charge is 0.272 e. The van der Waals surface area contributed by atoms with E-state index in [1.807, 2.05) is 13.8 Å². The predicted molar refractivity (Wildman–Crippen MR) is 104 cm³/mol. The minimum atomic E-state index is -3.76. The molecule has 0 spiro atoms. The maximum absolute atomic E-state index is 12.6. The summed E-state index contributed by atoms with van der Waals surface area (Å²) < 4.78 is 26.4. The Labute approximate surface area is 155 Å². The highest BCUT2D eigenvalue weighted by atomic mass is 32.2. The lowest BCUT2D eigenvalue weighted by molar-refractivity contribution is -0.384. The second-order valence-electron chi connectivity index (χ2n) is 5.82. The summed E-state index contributed by atoms with van der Waals surface area (Å²) in [5.74, 6) is 0. The van der Waals surface area contributed by atoms with Crippen LogP contribution in [0.15, 0.2) is 28.2 Å². The third-order valence-electron chi connectivity index (χ3n) is 3.92. The Kier molecular flexibility index (Phi) is 8.67. The molecule has 1 aromatic rings. The van der Waals surface area contributed by atoms with Crippen molar-refractivity contribution < 1.29 is 13.3 Å². The van der Waals surface area contributed by atoms with Gasteiger partial charge in [0.2, 0.25) is 10.0 Å². The van der Waals surface area contributed by atoms with E-state index >= 15 is 0 Å². The summed E-state index contributed by atoms with van der Waals surface area (Å²) in [7, 11) is -3.76. The van der Waals surface area contributed by atoms with Crippen LogP contribution in [0.1, 0.15) is 53.4 Å². The summed E-state index contributed by atoms with van der Waals surface area (Å²) in [6, 6.07) is 3.86. The Morgan fingerprint density at radius 1 is 1.15 bits per heavy atom. The molecule has 146 valence electrons. The van der Waals surface area contributed by atoms with Crippen LogP contribution in [-0.2, 0) is 10.0 Å². The standard InChI is InChI=1S/C17H28N4O4S/c1-5-9-14(10-6-2)18-19-16-12-11-15(13-17(16)21(22)23)26(24,25)20(7-3)8-4/h11-13,19H,5-10H2,1-4H3. The fraction of sp³-hybridized carbons (Fsp3) is 0.588. The van der Waals surface area contributed by atoms with Crippen LogP contribution in [0.5, 0.6) is 0 Å². The Hall–Kier alpha value is -2.00. The van der Waals surface area contributed by atoms with Crippen molar-refractivity contribution in [3.8, 4) is 0 Å². The van der Waals surface area contributed by atoms with Crippen molar-refractivity contribution in [1.82, 2.24) is 4.31 Å². The van der Waals surface area contributed by atoms with Crippen molar-refractivity contribution in [2.24, 2.45) is 5.10 Å². The third kappa shape index (κ3) is 5.50. The molecule has 0 bridgehead atoms. The summed E-state index contributed by atoms with van der Waals surface area (Å²) in [6.07, 6.45) is 3.49. The lowest BCUT2D eigenvalue weighted by Crippen LogP contribution is -2.30. The van der Waals surface area contributed by atoms with Gasteiger partial charge in [0.1, 0.15) is 5.69 Å². The molecule has 0 aliphatic carbocycles. The zero-order chi connectivity index (χ0) is 19.7. The number of hydrogen-bond donors (Lipinski definition) is 1. The summed E-state index contributed by atoms with van der Waals surface area (Å²) in [4.78, 5) is 10.7. The Bertz CT molecular complexity index is 735. The van der Waals surface area contributed by atoms with Crippen molar-refractivity contribution in [3.05, 3.63) is 28.3 Å². The lowest BCUT2D eigenvalue weighted by atomic mass is 10.1. The van der Waals surface area contributed by atoms with Gasteiger partial charge in [-0.15, -0.1) is 0 Å². The highest BCUT2D eigenvalue weighted by Crippen LogP contribution is 2.29. The van der Waals surface area contributed by atoms with Gasteiger partial charge in [-0.1, -0.05) is 40.5 Å². The zero-order valence-corrected chi connectivity index (χ0v) is 16.7. The molecule has 0 saturated carbocycles. The van der Waals surface area contributed by atoms with E-state index in [4.69, 9.17) is 0 Å². The number of benzene rings is 1. The Morgan fingerprint density at radius 2 is 1.73 bits per heavy atom. The highest BCUT2D eigenvalue weighted by molar-refractivity contribution is 7.89. The molecule has 0 amide bonds. The molecule has 26 heavy (non-hydrogen) atoms. The largest absolute Gasteiger partial charge is 0.295 e. The molecule has 0 fully saturated rings. The van der Waals surface area contributed by atoms with E-state index in [1.165, 1.54) is 16.4 Å². The minimum absolute atomic E-state index is 0.0928. The quantitative estimate of drug-likeness (QED) is 0.353. The number of anilines is 1. The van der Waals surface area contributed by atoms with Crippen LogP contribution in [0, 0.1) is 10.1 Å². The fourth-order valence-electron chi connectivity index (χ4n) is 2.58. The predicted octanol–water partition coefficient (Wildman–Crippen LogP) is 3.99. The molecule has 1 rings (SSSR count). The third-order valence-corrected chi connectivity index (χ3v) is 5.97. The van der Waals surface area contributed by atoms with Crippen LogP contribution in [0.3, 0.4) is 0 Å². The molecule has 9 heteroatoms. The van der Waals surface area contributed by atoms with Crippen LogP contribution in [0.2, 0.25) is 0 Å². The first-order chi connectivity index (χ1) is 12.3. The van der Waals surface area contributed by atoms with E-state index in [-0.39, 0.29) is 16.3 Å². The number of hydrogen-bond acceptors (Lipinski definition) is 6. The maximum Gasteiger partial charge on any atom is 0.295 e. The van der Waals surface area contributed by atoms with Crippen LogP contribution in [0.25, 0.3) is 0 Å². The van der Waals surface area contributed by atoms with Gasteiger partial charge in [0.05, 0.1) is 9.82 Å². The van der Waals surface area contributed by atoms with Gasteiger partial charge in [0.25, 0.3) is 5.69 Å². The van der Waals surface area contributed by atoms with Gasteiger partial charge in [-0.25, -0.2) is 8.42 Å². The molecule has 0 radical (unpaired) electrons. The molecule has 0 heterocycles. The Balaban J connectivity index is 3.25. The van der Waals surface area contributed by atoms with Crippen molar-refractivity contribution in [2.75, 3.05) is 18.5 Å². The first-order valence-electron chi connectivity index (χ1n) is 8.91. The van der Waals surface area contributed by atoms with E-state index < -0.39 is 14.9 Å². The van der Waals surface area contributed by atoms with Crippen molar-refractivity contribution in [3.63, 3.8) is 0 Å².